The van der Waals surface area contributed by atoms with Gasteiger partial charge in [-0.05, 0) is 41.6 Å². The summed E-state index contributed by atoms with van der Waals surface area (Å²) in [7, 11) is 3.22. The number of nitrogens with zero attached hydrogens (tertiary/aromatic N) is 1. The van der Waals surface area contributed by atoms with Crippen molar-refractivity contribution in [3.63, 3.8) is 0 Å². The first kappa shape index (κ1) is 15.6. The maximum atomic E-state index is 12.4. The molecule has 0 N–H and O–H groups in total. The molecule has 0 saturated heterocycles. The minimum absolute atomic E-state index is 0.0275. The molecule has 0 spiro atoms. The van der Waals surface area contributed by atoms with Crippen LogP contribution >= 0.6 is 11.3 Å². The third-order valence-electron chi connectivity index (χ3n) is 3.97. The van der Waals surface area contributed by atoms with Crippen LogP contribution in [-0.2, 0) is 17.8 Å². The average Bonchev–Trinajstić information content (AvgIpc) is 3.07. The minimum Gasteiger partial charge on any atom is -0.497 e. The largest absolute Gasteiger partial charge is 0.497 e. The van der Waals surface area contributed by atoms with Crippen molar-refractivity contribution < 1.29 is 14.3 Å². The normalized spacial score (nSPS) is 13.9. The fourth-order valence-electron chi connectivity index (χ4n) is 2.66. The van der Waals surface area contributed by atoms with Crippen LogP contribution in [0, 0.1) is 0 Å². The number of hydrogen-bond donors (Lipinski definition) is 0. The van der Waals surface area contributed by atoms with Crippen molar-refractivity contribution in [2.45, 2.75) is 13.0 Å². The van der Waals surface area contributed by atoms with E-state index in [1.165, 1.54) is 10.4 Å². The Morgan fingerprint density at radius 1 is 1.26 bits per heavy atom. The zero-order chi connectivity index (χ0) is 16.2. The van der Waals surface area contributed by atoms with E-state index in [4.69, 9.17) is 9.47 Å². The molecule has 0 bridgehead atoms. The Morgan fingerprint density at radius 2 is 2.13 bits per heavy atom. The number of benzene rings is 1. The molecular formula is C18H19NO3S. The quantitative estimate of drug-likeness (QED) is 0.807. The van der Waals surface area contributed by atoms with Gasteiger partial charge in [0.25, 0.3) is 0 Å². The molecule has 1 amide bonds. The van der Waals surface area contributed by atoms with Crippen LogP contribution in [-0.4, -0.2) is 31.6 Å². The second-order valence-electron chi connectivity index (χ2n) is 5.32. The summed E-state index contributed by atoms with van der Waals surface area (Å²) in [6, 6.07) is 7.65. The molecule has 23 heavy (non-hydrogen) atoms. The van der Waals surface area contributed by atoms with E-state index in [1.807, 2.05) is 23.1 Å². The smallest absolute Gasteiger partial charge is 0.246 e. The molecule has 1 aromatic carbocycles. The van der Waals surface area contributed by atoms with Gasteiger partial charge in [0.05, 0.1) is 14.2 Å². The number of hydrogen-bond acceptors (Lipinski definition) is 4. The van der Waals surface area contributed by atoms with Crippen LogP contribution in [0.3, 0.4) is 0 Å². The lowest BCUT2D eigenvalue weighted by Crippen LogP contribution is -2.34. The van der Waals surface area contributed by atoms with Gasteiger partial charge in [0.15, 0.2) is 0 Å². The highest BCUT2D eigenvalue weighted by atomic mass is 32.1. The van der Waals surface area contributed by atoms with Gasteiger partial charge in [-0.25, -0.2) is 0 Å². The fourth-order valence-corrected chi connectivity index (χ4v) is 3.55. The standard InChI is InChI=1S/C18H19NO3S/c1-21-15-5-3-13(16(11-15)22-2)4-6-18(20)19-9-7-17-14(12-19)8-10-23-17/h3-6,8,10-11H,7,9,12H2,1-2H3/b6-4+. The van der Waals surface area contributed by atoms with Crippen molar-refractivity contribution >= 4 is 23.3 Å². The number of ether oxygens (including phenoxy) is 2. The van der Waals surface area contributed by atoms with Crippen LogP contribution in [0.25, 0.3) is 6.08 Å². The Morgan fingerprint density at radius 3 is 2.91 bits per heavy atom. The summed E-state index contributed by atoms with van der Waals surface area (Å²) in [5.74, 6) is 1.44. The second kappa shape index (κ2) is 6.87. The topological polar surface area (TPSA) is 38.8 Å². The van der Waals surface area contributed by atoms with Crippen LogP contribution in [0.5, 0.6) is 11.5 Å². The molecule has 4 nitrogen and oxygen atoms in total. The van der Waals surface area contributed by atoms with Crippen LogP contribution in [0.2, 0.25) is 0 Å². The summed E-state index contributed by atoms with van der Waals surface area (Å²) in [4.78, 5) is 15.7. The molecule has 1 aliphatic heterocycles. The number of fused-ring (bicyclic) bond motifs is 1. The number of carbonyl (C=O) groups excluding carboxylic acids is 1. The number of thiophene rings is 1. The van der Waals surface area contributed by atoms with E-state index in [0.29, 0.717) is 12.3 Å². The lowest BCUT2D eigenvalue weighted by molar-refractivity contribution is -0.126. The molecule has 1 aliphatic rings. The molecule has 3 rings (SSSR count). The average molecular weight is 329 g/mol. The molecule has 120 valence electrons. The predicted octanol–water partition coefficient (Wildman–Crippen LogP) is 3.36. The molecule has 2 aromatic rings. The van der Waals surface area contributed by atoms with E-state index in [9.17, 15) is 4.79 Å². The maximum Gasteiger partial charge on any atom is 0.246 e. The van der Waals surface area contributed by atoms with Gasteiger partial charge in [0.1, 0.15) is 11.5 Å². The zero-order valence-electron chi connectivity index (χ0n) is 13.2. The summed E-state index contributed by atoms with van der Waals surface area (Å²) >= 11 is 1.77. The fraction of sp³-hybridized carbons (Fsp3) is 0.278. The van der Waals surface area contributed by atoms with Gasteiger partial charge in [0, 0.05) is 35.7 Å². The molecule has 0 saturated carbocycles. The van der Waals surface area contributed by atoms with E-state index >= 15 is 0 Å². The molecule has 0 atom stereocenters. The number of amides is 1. The van der Waals surface area contributed by atoms with Crippen LogP contribution in [0.15, 0.2) is 35.7 Å². The van der Waals surface area contributed by atoms with Crippen molar-refractivity contribution in [1.82, 2.24) is 4.90 Å². The molecule has 2 heterocycles. The van der Waals surface area contributed by atoms with Gasteiger partial charge in [-0.2, -0.15) is 0 Å². The first-order valence-corrected chi connectivity index (χ1v) is 8.33. The monoisotopic (exact) mass is 329 g/mol. The van der Waals surface area contributed by atoms with Crippen LogP contribution in [0.1, 0.15) is 16.0 Å². The Kier molecular flexibility index (Phi) is 4.67. The summed E-state index contributed by atoms with van der Waals surface area (Å²) < 4.78 is 10.5. The number of carbonyl (C=O) groups is 1. The SMILES string of the molecule is COc1ccc(/C=C/C(=O)N2CCc3sccc3C2)c(OC)c1. The highest BCUT2D eigenvalue weighted by Crippen LogP contribution is 2.26. The molecular weight excluding hydrogens is 310 g/mol. The molecule has 0 aliphatic carbocycles. The first-order chi connectivity index (χ1) is 11.2. The molecule has 0 radical (unpaired) electrons. The second-order valence-corrected chi connectivity index (χ2v) is 6.32. The Hall–Kier alpha value is -2.27. The Labute approximate surface area is 140 Å². The maximum absolute atomic E-state index is 12.4. The van der Waals surface area contributed by atoms with E-state index in [0.717, 1.165) is 24.3 Å². The summed E-state index contributed by atoms with van der Waals surface area (Å²) in [6.45, 7) is 1.47. The van der Waals surface area contributed by atoms with Crippen LogP contribution < -0.4 is 9.47 Å². The van der Waals surface area contributed by atoms with E-state index < -0.39 is 0 Å². The number of methoxy groups -OCH3 is 2. The van der Waals surface area contributed by atoms with E-state index in [2.05, 4.69) is 11.4 Å². The first-order valence-electron chi connectivity index (χ1n) is 7.45. The summed E-state index contributed by atoms with van der Waals surface area (Å²) in [5.41, 5.74) is 2.12. The zero-order valence-corrected chi connectivity index (χ0v) is 14.1. The highest BCUT2D eigenvalue weighted by Gasteiger charge is 2.19. The lowest BCUT2D eigenvalue weighted by Gasteiger charge is -2.25. The van der Waals surface area contributed by atoms with Gasteiger partial charge in [-0.15, -0.1) is 11.3 Å². The molecule has 0 fully saturated rings. The van der Waals surface area contributed by atoms with Crippen molar-refractivity contribution in [3.05, 3.63) is 51.7 Å². The molecule has 5 heteroatoms. The lowest BCUT2D eigenvalue weighted by atomic mass is 10.1. The number of rotatable bonds is 4. The molecule has 1 aromatic heterocycles. The van der Waals surface area contributed by atoms with E-state index in [-0.39, 0.29) is 5.91 Å². The van der Waals surface area contributed by atoms with Crippen molar-refractivity contribution in [2.24, 2.45) is 0 Å². The minimum atomic E-state index is 0.0275. The van der Waals surface area contributed by atoms with Gasteiger partial charge >= 0.3 is 0 Å². The van der Waals surface area contributed by atoms with E-state index in [1.54, 1.807) is 37.7 Å². The predicted molar refractivity (Wildman–Crippen MR) is 92.0 cm³/mol. The van der Waals surface area contributed by atoms with Gasteiger partial charge in [-0.1, -0.05) is 0 Å². The highest BCUT2D eigenvalue weighted by molar-refractivity contribution is 7.10. The third-order valence-corrected chi connectivity index (χ3v) is 4.99. The van der Waals surface area contributed by atoms with Gasteiger partial charge in [-0.3, -0.25) is 4.79 Å². The van der Waals surface area contributed by atoms with Crippen molar-refractivity contribution in [2.75, 3.05) is 20.8 Å². The van der Waals surface area contributed by atoms with Crippen molar-refractivity contribution in [3.8, 4) is 11.5 Å². The third kappa shape index (κ3) is 3.40. The summed E-state index contributed by atoms with van der Waals surface area (Å²) in [6.07, 6.45) is 4.35. The molecule has 0 unspecified atom stereocenters. The summed E-state index contributed by atoms with van der Waals surface area (Å²) in [5, 5.41) is 2.09. The Bertz CT molecular complexity index is 736. The Balaban J connectivity index is 1.72. The van der Waals surface area contributed by atoms with Gasteiger partial charge in [0.2, 0.25) is 5.91 Å². The van der Waals surface area contributed by atoms with Crippen LogP contribution in [0.4, 0.5) is 0 Å². The van der Waals surface area contributed by atoms with Gasteiger partial charge < -0.3 is 14.4 Å². The van der Waals surface area contributed by atoms with Crippen molar-refractivity contribution in [1.29, 1.82) is 0 Å².